The molecule has 1 aliphatic rings. The predicted octanol–water partition coefficient (Wildman–Crippen LogP) is 1.78. The van der Waals surface area contributed by atoms with Crippen molar-refractivity contribution in [1.29, 1.82) is 0 Å². The summed E-state index contributed by atoms with van der Waals surface area (Å²) in [6.07, 6.45) is 3.68. The molecule has 1 rings (SSSR count). The third kappa shape index (κ3) is 4.10. The van der Waals surface area contributed by atoms with Crippen molar-refractivity contribution in [3.8, 4) is 0 Å². The van der Waals surface area contributed by atoms with Gasteiger partial charge in [0.2, 0.25) is 0 Å². The van der Waals surface area contributed by atoms with Gasteiger partial charge >= 0.3 is 0 Å². The van der Waals surface area contributed by atoms with Gasteiger partial charge in [-0.25, -0.2) is 0 Å². The summed E-state index contributed by atoms with van der Waals surface area (Å²) < 4.78 is 0. The molecule has 0 spiro atoms. The summed E-state index contributed by atoms with van der Waals surface area (Å²) in [6, 6.07) is 0.665. The number of nitrogens with one attached hydrogen (secondary N) is 1. The van der Waals surface area contributed by atoms with Crippen molar-refractivity contribution in [2.24, 2.45) is 11.3 Å². The van der Waals surface area contributed by atoms with Gasteiger partial charge in [-0.05, 0) is 37.5 Å². The van der Waals surface area contributed by atoms with E-state index in [0.29, 0.717) is 12.6 Å². The molecule has 0 bridgehead atoms. The Hall–Kier alpha value is -0.0800. The highest BCUT2D eigenvalue weighted by molar-refractivity contribution is 4.84. The third-order valence-electron chi connectivity index (χ3n) is 3.02. The van der Waals surface area contributed by atoms with Crippen molar-refractivity contribution in [2.75, 3.05) is 13.2 Å². The van der Waals surface area contributed by atoms with Crippen LogP contribution in [0, 0.1) is 11.3 Å². The number of rotatable bonds is 6. The molecule has 0 amide bonds. The van der Waals surface area contributed by atoms with E-state index in [1.54, 1.807) is 0 Å². The lowest BCUT2D eigenvalue weighted by Gasteiger charge is -2.26. The van der Waals surface area contributed by atoms with Crippen LogP contribution in [0.4, 0.5) is 0 Å². The molecule has 0 saturated heterocycles. The Morgan fingerprint density at radius 1 is 1.46 bits per heavy atom. The summed E-state index contributed by atoms with van der Waals surface area (Å²) in [5, 5.41) is 12.4. The monoisotopic (exact) mass is 185 g/mol. The highest BCUT2D eigenvalue weighted by atomic mass is 16.3. The van der Waals surface area contributed by atoms with Crippen LogP contribution in [0.25, 0.3) is 0 Å². The molecule has 1 fully saturated rings. The summed E-state index contributed by atoms with van der Waals surface area (Å²) in [4.78, 5) is 0. The topological polar surface area (TPSA) is 32.3 Å². The second-order valence-electron chi connectivity index (χ2n) is 5.14. The average Bonchev–Trinajstić information content (AvgIpc) is 2.82. The van der Waals surface area contributed by atoms with Crippen LogP contribution >= 0.6 is 0 Å². The Balaban J connectivity index is 2.15. The number of hydrogen-bond acceptors (Lipinski definition) is 2. The molecule has 1 atom stereocenters. The zero-order valence-corrected chi connectivity index (χ0v) is 9.14. The molecule has 2 heteroatoms. The second kappa shape index (κ2) is 4.43. The van der Waals surface area contributed by atoms with Crippen LogP contribution in [0.15, 0.2) is 0 Å². The van der Waals surface area contributed by atoms with Gasteiger partial charge in [-0.15, -0.1) is 0 Å². The van der Waals surface area contributed by atoms with E-state index in [1.807, 2.05) is 0 Å². The van der Waals surface area contributed by atoms with Crippen molar-refractivity contribution < 1.29 is 5.11 Å². The molecule has 2 nitrogen and oxygen atoms in total. The minimum atomic E-state index is 0.234. The van der Waals surface area contributed by atoms with Crippen LogP contribution < -0.4 is 5.32 Å². The normalized spacial score (nSPS) is 20.3. The predicted molar refractivity (Wildman–Crippen MR) is 55.7 cm³/mol. The van der Waals surface area contributed by atoms with Crippen molar-refractivity contribution in [2.45, 2.75) is 46.1 Å². The van der Waals surface area contributed by atoms with Crippen LogP contribution in [0.2, 0.25) is 0 Å². The third-order valence-corrected chi connectivity index (χ3v) is 3.02. The summed E-state index contributed by atoms with van der Waals surface area (Å²) in [6.45, 7) is 8.00. The molecule has 0 aromatic carbocycles. The highest BCUT2D eigenvalue weighted by Gasteiger charge is 2.28. The smallest absolute Gasteiger partial charge is 0.0436 e. The summed E-state index contributed by atoms with van der Waals surface area (Å²) in [5.74, 6) is 0.921. The Morgan fingerprint density at radius 3 is 2.54 bits per heavy atom. The van der Waals surface area contributed by atoms with Gasteiger partial charge in [0.15, 0.2) is 0 Å². The van der Waals surface area contributed by atoms with Gasteiger partial charge in [0, 0.05) is 19.2 Å². The molecule has 13 heavy (non-hydrogen) atoms. The maximum Gasteiger partial charge on any atom is 0.0436 e. The maximum atomic E-state index is 8.86. The minimum absolute atomic E-state index is 0.234. The molecule has 0 aromatic rings. The van der Waals surface area contributed by atoms with E-state index in [1.165, 1.54) is 12.8 Å². The van der Waals surface area contributed by atoms with E-state index in [4.69, 9.17) is 5.11 Å². The molecule has 2 N–H and O–H groups in total. The standard InChI is InChI=1S/C11H23NO/c1-9(10-4-5-10)12-8-11(2,3)6-7-13/h9-10,12-13H,4-8H2,1-3H3. The largest absolute Gasteiger partial charge is 0.396 e. The second-order valence-corrected chi connectivity index (χ2v) is 5.14. The number of hydrogen-bond donors (Lipinski definition) is 2. The van der Waals surface area contributed by atoms with Crippen LogP contribution in [-0.4, -0.2) is 24.3 Å². The molecule has 1 unspecified atom stereocenters. The van der Waals surface area contributed by atoms with Crippen molar-refractivity contribution in [3.63, 3.8) is 0 Å². The van der Waals surface area contributed by atoms with E-state index in [9.17, 15) is 0 Å². The van der Waals surface area contributed by atoms with E-state index >= 15 is 0 Å². The first kappa shape index (κ1) is 11.0. The van der Waals surface area contributed by atoms with Gasteiger partial charge in [-0.3, -0.25) is 0 Å². The van der Waals surface area contributed by atoms with Crippen LogP contribution in [0.3, 0.4) is 0 Å². The first-order valence-corrected chi connectivity index (χ1v) is 5.39. The van der Waals surface area contributed by atoms with Gasteiger partial charge in [-0.2, -0.15) is 0 Å². The van der Waals surface area contributed by atoms with E-state index < -0.39 is 0 Å². The van der Waals surface area contributed by atoms with Gasteiger partial charge in [0.05, 0.1) is 0 Å². The minimum Gasteiger partial charge on any atom is -0.396 e. The molecule has 0 aromatic heterocycles. The van der Waals surface area contributed by atoms with E-state index in [2.05, 4.69) is 26.1 Å². The number of aliphatic hydroxyl groups excluding tert-OH is 1. The molecule has 0 radical (unpaired) electrons. The molecular formula is C11H23NO. The first-order chi connectivity index (χ1) is 6.05. The molecule has 0 heterocycles. The first-order valence-electron chi connectivity index (χ1n) is 5.39. The molecule has 1 aliphatic carbocycles. The highest BCUT2D eigenvalue weighted by Crippen LogP contribution is 2.32. The fourth-order valence-corrected chi connectivity index (χ4v) is 1.59. The summed E-state index contributed by atoms with van der Waals surface area (Å²) in [7, 11) is 0. The molecule has 1 saturated carbocycles. The zero-order chi connectivity index (χ0) is 9.90. The Bertz CT molecular complexity index is 152. The number of aliphatic hydroxyl groups is 1. The lowest BCUT2D eigenvalue weighted by Crippen LogP contribution is -2.37. The Morgan fingerprint density at radius 2 is 2.08 bits per heavy atom. The van der Waals surface area contributed by atoms with Crippen LogP contribution in [0.1, 0.15) is 40.0 Å². The molecule has 0 aliphatic heterocycles. The maximum absolute atomic E-state index is 8.86. The lowest BCUT2D eigenvalue weighted by molar-refractivity contribution is 0.202. The van der Waals surface area contributed by atoms with E-state index in [-0.39, 0.29) is 5.41 Å². The van der Waals surface area contributed by atoms with Crippen molar-refractivity contribution >= 4 is 0 Å². The van der Waals surface area contributed by atoms with Crippen LogP contribution in [-0.2, 0) is 0 Å². The van der Waals surface area contributed by atoms with Crippen molar-refractivity contribution in [1.82, 2.24) is 5.32 Å². The quantitative estimate of drug-likeness (QED) is 0.661. The Kier molecular flexibility index (Phi) is 3.74. The van der Waals surface area contributed by atoms with E-state index in [0.717, 1.165) is 18.9 Å². The SMILES string of the molecule is CC(NCC(C)(C)CCO)C1CC1. The van der Waals surface area contributed by atoms with Gasteiger partial charge < -0.3 is 10.4 Å². The Labute approximate surface area is 81.7 Å². The van der Waals surface area contributed by atoms with Gasteiger partial charge in [0.1, 0.15) is 0 Å². The van der Waals surface area contributed by atoms with Crippen molar-refractivity contribution in [3.05, 3.63) is 0 Å². The van der Waals surface area contributed by atoms with Crippen LogP contribution in [0.5, 0.6) is 0 Å². The summed E-state index contributed by atoms with van der Waals surface area (Å²) >= 11 is 0. The van der Waals surface area contributed by atoms with Gasteiger partial charge in [0.25, 0.3) is 0 Å². The average molecular weight is 185 g/mol. The van der Waals surface area contributed by atoms with Gasteiger partial charge in [-0.1, -0.05) is 13.8 Å². The fourth-order valence-electron chi connectivity index (χ4n) is 1.59. The summed E-state index contributed by atoms with van der Waals surface area (Å²) in [5.41, 5.74) is 0.234. The lowest BCUT2D eigenvalue weighted by atomic mass is 9.89. The molecular weight excluding hydrogens is 162 g/mol. The fraction of sp³-hybridized carbons (Fsp3) is 1.00. The molecule has 78 valence electrons. The zero-order valence-electron chi connectivity index (χ0n) is 9.14.